The lowest BCUT2D eigenvalue weighted by atomic mass is 10.1. The summed E-state index contributed by atoms with van der Waals surface area (Å²) in [7, 11) is 0. The molecular weight excluding hydrogens is 202 g/mol. The van der Waals surface area contributed by atoms with Gasteiger partial charge in [-0.15, -0.1) is 0 Å². The van der Waals surface area contributed by atoms with E-state index in [4.69, 9.17) is 10.5 Å². The molecule has 0 radical (unpaired) electrons. The minimum atomic E-state index is -0.200. The smallest absolute Gasteiger partial charge is 0.309 e. The van der Waals surface area contributed by atoms with E-state index in [9.17, 15) is 4.79 Å². The summed E-state index contributed by atoms with van der Waals surface area (Å²) in [5.41, 5.74) is 7.67. The van der Waals surface area contributed by atoms with Gasteiger partial charge >= 0.3 is 5.97 Å². The molecule has 86 valence electrons. The van der Waals surface area contributed by atoms with E-state index in [0.29, 0.717) is 19.6 Å². The predicted octanol–water partition coefficient (Wildman–Crippen LogP) is 2.11. The summed E-state index contributed by atoms with van der Waals surface area (Å²) in [6.07, 6.45) is 4.00. The van der Waals surface area contributed by atoms with E-state index in [1.807, 2.05) is 30.3 Å². The summed E-state index contributed by atoms with van der Waals surface area (Å²) >= 11 is 0. The second-order valence-corrected chi connectivity index (χ2v) is 3.36. The van der Waals surface area contributed by atoms with Gasteiger partial charge in [-0.05, 0) is 18.1 Å². The molecule has 0 atom stereocenters. The van der Waals surface area contributed by atoms with Crippen LogP contribution in [-0.2, 0) is 16.1 Å². The van der Waals surface area contributed by atoms with Crippen molar-refractivity contribution in [1.82, 2.24) is 0 Å². The molecule has 0 saturated carbocycles. The van der Waals surface area contributed by atoms with Crippen LogP contribution in [0.15, 0.2) is 30.3 Å². The molecule has 0 fully saturated rings. The highest BCUT2D eigenvalue weighted by molar-refractivity contribution is 5.72. The van der Waals surface area contributed by atoms with E-state index >= 15 is 0 Å². The van der Waals surface area contributed by atoms with Crippen LogP contribution in [0, 0.1) is 0 Å². The first kappa shape index (κ1) is 12.5. The summed E-state index contributed by atoms with van der Waals surface area (Å²) in [6.45, 7) is 2.75. The molecule has 0 saturated heterocycles. The Labute approximate surface area is 95.9 Å². The maximum absolute atomic E-state index is 11.1. The molecule has 1 aromatic rings. The quantitative estimate of drug-likeness (QED) is 0.772. The van der Waals surface area contributed by atoms with Gasteiger partial charge in [-0.1, -0.05) is 36.4 Å². The van der Waals surface area contributed by atoms with Crippen LogP contribution in [0.5, 0.6) is 0 Å². The maximum atomic E-state index is 11.1. The minimum Gasteiger partial charge on any atom is -0.466 e. The second-order valence-electron chi connectivity index (χ2n) is 3.36. The van der Waals surface area contributed by atoms with E-state index in [1.54, 1.807) is 13.0 Å². The van der Waals surface area contributed by atoms with Gasteiger partial charge in [0.25, 0.3) is 0 Å². The maximum Gasteiger partial charge on any atom is 0.309 e. The molecule has 0 heterocycles. The fourth-order valence-electron chi connectivity index (χ4n) is 1.33. The SMILES string of the molecule is CCOC(=O)CC=Cc1cccc(CN)c1. The van der Waals surface area contributed by atoms with Gasteiger partial charge in [0.15, 0.2) is 0 Å². The summed E-state index contributed by atoms with van der Waals surface area (Å²) in [5.74, 6) is -0.200. The van der Waals surface area contributed by atoms with Crippen molar-refractivity contribution in [3.05, 3.63) is 41.5 Å². The molecular formula is C13H17NO2. The van der Waals surface area contributed by atoms with Crippen molar-refractivity contribution in [2.24, 2.45) is 5.73 Å². The molecule has 0 aliphatic rings. The summed E-state index contributed by atoms with van der Waals surface area (Å²) in [6, 6.07) is 7.90. The Bertz CT molecular complexity index is 372. The average Bonchev–Trinajstić information content (AvgIpc) is 2.30. The number of hydrogen-bond acceptors (Lipinski definition) is 3. The lowest BCUT2D eigenvalue weighted by Gasteiger charge is -1.99. The molecule has 3 nitrogen and oxygen atoms in total. The predicted molar refractivity (Wildman–Crippen MR) is 64.6 cm³/mol. The van der Waals surface area contributed by atoms with Gasteiger partial charge in [-0.3, -0.25) is 4.79 Å². The van der Waals surface area contributed by atoms with Crippen molar-refractivity contribution < 1.29 is 9.53 Å². The number of rotatable bonds is 5. The zero-order valence-corrected chi connectivity index (χ0v) is 9.48. The van der Waals surface area contributed by atoms with E-state index in [1.165, 1.54) is 0 Å². The third-order valence-corrected chi connectivity index (χ3v) is 2.09. The van der Waals surface area contributed by atoms with Crippen LogP contribution in [0.2, 0.25) is 0 Å². The van der Waals surface area contributed by atoms with Crippen LogP contribution in [0.3, 0.4) is 0 Å². The van der Waals surface area contributed by atoms with Gasteiger partial charge in [-0.2, -0.15) is 0 Å². The normalized spacial score (nSPS) is 10.6. The first-order valence-corrected chi connectivity index (χ1v) is 5.37. The summed E-state index contributed by atoms with van der Waals surface area (Å²) in [4.78, 5) is 11.1. The Hall–Kier alpha value is -1.61. The van der Waals surface area contributed by atoms with E-state index < -0.39 is 0 Å². The van der Waals surface area contributed by atoms with Gasteiger partial charge in [-0.25, -0.2) is 0 Å². The van der Waals surface area contributed by atoms with Crippen LogP contribution in [0.25, 0.3) is 6.08 Å². The Balaban J connectivity index is 2.52. The highest BCUT2D eigenvalue weighted by atomic mass is 16.5. The Morgan fingerprint density at radius 3 is 3.00 bits per heavy atom. The lowest BCUT2D eigenvalue weighted by Crippen LogP contribution is -2.01. The standard InChI is InChI=1S/C13H17NO2/c1-2-16-13(15)8-4-6-11-5-3-7-12(9-11)10-14/h3-7,9H,2,8,10,14H2,1H3. The number of esters is 1. The van der Waals surface area contributed by atoms with Gasteiger partial charge in [0.05, 0.1) is 13.0 Å². The fourth-order valence-corrected chi connectivity index (χ4v) is 1.33. The fraction of sp³-hybridized carbons (Fsp3) is 0.308. The topological polar surface area (TPSA) is 52.3 Å². The minimum absolute atomic E-state index is 0.200. The summed E-state index contributed by atoms with van der Waals surface area (Å²) < 4.78 is 4.81. The molecule has 3 heteroatoms. The number of carbonyl (C=O) groups excluding carboxylic acids is 1. The monoisotopic (exact) mass is 219 g/mol. The van der Waals surface area contributed by atoms with E-state index in [0.717, 1.165) is 11.1 Å². The van der Waals surface area contributed by atoms with Crippen molar-refractivity contribution in [2.75, 3.05) is 6.61 Å². The number of hydrogen-bond donors (Lipinski definition) is 1. The molecule has 0 aliphatic heterocycles. The molecule has 2 N–H and O–H groups in total. The molecule has 0 spiro atoms. The number of carbonyl (C=O) groups is 1. The first-order valence-electron chi connectivity index (χ1n) is 5.37. The second kappa shape index (κ2) is 6.80. The van der Waals surface area contributed by atoms with Gasteiger partial charge < -0.3 is 10.5 Å². The first-order chi connectivity index (χ1) is 7.76. The molecule has 1 aromatic carbocycles. The van der Waals surface area contributed by atoms with Crippen LogP contribution in [0.4, 0.5) is 0 Å². The van der Waals surface area contributed by atoms with Crippen molar-refractivity contribution in [3.8, 4) is 0 Å². The molecule has 0 unspecified atom stereocenters. The molecule has 0 amide bonds. The third kappa shape index (κ3) is 4.28. The molecule has 16 heavy (non-hydrogen) atoms. The van der Waals surface area contributed by atoms with Gasteiger partial charge in [0, 0.05) is 6.54 Å². The molecule has 0 bridgehead atoms. The Kier molecular flexibility index (Phi) is 5.29. The zero-order valence-electron chi connectivity index (χ0n) is 9.48. The Morgan fingerprint density at radius 1 is 1.50 bits per heavy atom. The van der Waals surface area contributed by atoms with Crippen LogP contribution < -0.4 is 5.73 Å². The Morgan fingerprint density at radius 2 is 2.31 bits per heavy atom. The van der Waals surface area contributed by atoms with Crippen molar-refractivity contribution in [2.45, 2.75) is 19.9 Å². The molecule has 0 aromatic heterocycles. The highest BCUT2D eigenvalue weighted by Crippen LogP contribution is 2.07. The molecule has 0 aliphatic carbocycles. The number of benzene rings is 1. The van der Waals surface area contributed by atoms with Crippen LogP contribution in [0.1, 0.15) is 24.5 Å². The van der Waals surface area contributed by atoms with Crippen molar-refractivity contribution in [3.63, 3.8) is 0 Å². The highest BCUT2D eigenvalue weighted by Gasteiger charge is 1.96. The van der Waals surface area contributed by atoms with E-state index in [-0.39, 0.29) is 5.97 Å². The number of ether oxygens (including phenoxy) is 1. The largest absolute Gasteiger partial charge is 0.466 e. The van der Waals surface area contributed by atoms with E-state index in [2.05, 4.69) is 0 Å². The zero-order chi connectivity index (χ0) is 11.8. The van der Waals surface area contributed by atoms with Gasteiger partial charge in [0.2, 0.25) is 0 Å². The summed E-state index contributed by atoms with van der Waals surface area (Å²) in [5, 5.41) is 0. The van der Waals surface area contributed by atoms with Crippen molar-refractivity contribution in [1.29, 1.82) is 0 Å². The van der Waals surface area contributed by atoms with Gasteiger partial charge in [0.1, 0.15) is 0 Å². The van der Waals surface area contributed by atoms with Crippen LogP contribution in [-0.4, -0.2) is 12.6 Å². The number of nitrogens with two attached hydrogens (primary N) is 1. The third-order valence-electron chi connectivity index (χ3n) is 2.09. The van der Waals surface area contributed by atoms with Crippen molar-refractivity contribution >= 4 is 12.0 Å². The average molecular weight is 219 g/mol. The molecule has 1 rings (SSSR count). The lowest BCUT2D eigenvalue weighted by molar-refractivity contribution is -0.142. The van der Waals surface area contributed by atoms with Crippen LogP contribution >= 0.6 is 0 Å².